The van der Waals surface area contributed by atoms with E-state index in [0.717, 1.165) is 70.6 Å². The van der Waals surface area contributed by atoms with Crippen molar-refractivity contribution in [3.63, 3.8) is 0 Å². The Kier molecular flexibility index (Phi) is 57.8. The summed E-state index contributed by atoms with van der Waals surface area (Å²) in [6, 6.07) is 0. The fraction of sp³-hybridized carbons (Fsp3) is 0.773. The van der Waals surface area contributed by atoms with Gasteiger partial charge in [-0.3, -0.25) is 14.4 Å². The lowest BCUT2D eigenvalue weighted by Crippen LogP contribution is -2.30. The number of allylic oxidation sites excluding steroid dienone is 11. The molecule has 0 heterocycles. The van der Waals surface area contributed by atoms with Gasteiger partial charge >= 0.3 is 17.9 Å². The topological polar surface area (TPSA) is 78.9 Å². The van der Waals surface area contributed by atoms with Gasteiger partial charge in [0.05, 0.1) is 6.42 Å². The standard InChI is InChI=1S/C66H116O6/c1-4-7-10-13-16-19-22-25-28-30-32-33-34-36-38-41-44-47-50-53-56-59-65(68)71-62-63(61-70-64(67)58-55-52-49-46-43-40-37-27-24-21-18-15-12-9-6-3)72-66(69)60-57-54-51-48-45-42-39-35-31-29-26-23-20-17-14-11-8-5-2/h9,12,18,21,27,29,31,37,43,46,52,55,63H,4-8,10-11,13-17,19-20,22-26,28,30,32-36,38-42,44-45,47-51,53-54,56-62H2,1-3H3/b12-9-,21-18-,31-29-,37-27-,46-43-,55-52-. The molecule has 0 spiro atoms. The Bertz CT molecular complexity index is 1340. The molecule has 6 heteroatoms. The van der Waals surface area contributed by atoms with Crippen molar-refractivity contribution in [1.82, 2.24) is 0 Å². The summed E-state index contributed by atoms with van der Waals surface area (Å²) in [6.45, 7) is 6.47. The maximum Gasteiger partial charge on any atom is 0.309 e. The van der Waals surface area contributed by atoms with Crippen LogP contribution in [-0.2, 0) is 28.6 Å². The van der Waals surface area contributed by atoms with Crippen LogP contribution >= 0.6 is 0 Å². The lowest BCUT2D eigenvalue weighted by atomic mass is 10.0. The molecule has 0 amide bonds. The maximum absolute atomic E-state index is 12.9. The largest absolute Gasteiger partial charge is 0.462 e. The highest BCUT2D eigenvalue weighted by Crippen LogP contribution is 2.17. The van der Waals surface area contributed by atoms with Gasteiger partial charge in [-0.2, -0.15) is 0 Å². The Hall–Kier alpha value is -3.15. The van der Waals surface area contributed by atoms with Gasteiger partial charge in [-0.1, -0.05) is 293 Å². The normalized spacial score (nSPS) is 12.5. The van der Waals surface area contributed by atoms with E-state index < -0.39 is 12.1 Å². The molecule has 0 aromatic heterocycles. The van der Waals surface area contributed by atoms with Gasteiger partial charge < -0.3 is 14.2 Å². The van der Waals surface area contributed by atoms with Crippen molar-refractivity contribution in [3.05, 3.63) is 72.9 Å². The summed E-state index contributed by atoms with van der Waals surface area (Å²) in [5, 5.41) is 0. The minimum atomic E-state index is -0.817. The van der Waals surface area contributed by atoms with Crippen LogP contribution in [0.1, 0.15) is 310 Å². The van der Waals surface area contributed by atoms with Gasteiger partial charge in [0.25, 0.3) is 0 Å². The van der Waals surface area contributed by atoms with Crippen LogP contribution < -0.4 is 0 Å². The minimum Gasteiger partial charge on any atom is -0.462 e. The summed E-state index contributed by atoms with van der Waals surface area (Å²) in [7, 11) is 0. The average Bonchev–Trinajstić information content (AvgIpc) is 3.38. The van der Waals surface area contributed by atoms with E-state index in [0.29, 0.717) is 12.8 Å². The number of ether oxygens (including phenoxy) is 3. The molecule has 0 aliphatic rings. The van der Waals surface area contributed by atoms with Crippen LogP contribution in [0.4, 0.5) is 0 Å². The highest BCUT2D eigenvalue weighted by Gasteiger charge is 2.19. The molecule has 0 fully saturated rings. The molecule has 0 rings (SSSR count). The molecular weight excluding hydrogens is 889 g/mol. The van der Waals surface area contributed by atoms with Crippen molar-refractivity contribution in [2.75, 3.05) is 13.2 Å². The first-order valence-corrected chi connectivity index (χ1v) is 30.9. The van der Waals surface area contributed by atoms with Gasteiger partial charge in [0.1, 0.15) is 13.2 Å². The van der Waals surface area contributed by atoms with Crippen molar-refractivity contribution in [2.45, 2.75) is 316 Å². The second-order valence-corrected chi connectivity index (χ2v) is 20.6. The van der Waals surface area contributed by atoms with Crippen LogP contribution in [0.2, 0.25) is 0 Å². The van der Waals surface area contributed by atoms with Crippen molar-refractivity contribution in [1.29, 1.82) is 0 Å². The Labute approximate surface area is 446 Å². The Morgan fingerprint density at radius 1 is 0.306 bits per heavy atom. The van der Waals surface area contributed by atoms with Crippen LogP contribution in [0, 0.1) is 0 Å². The molecule has 0 aromatic rings. The Morgan fingerprint density at radius 2 is 0.597 bits per heavy atom. The zero-order valence-electron chi connectivity index (χ0n) is 47.7. The van der Waals surface area contributed by atoms with E-state index in [1.165, 1.54) is 199 Å². The van der Waals surface area contributed by atoms with E-state index in [9.17, 15) is 14.4 Å². The molecule has 0 saturated carbocycles. The third-order valence-corrected chi connectivity index (χ3v) is 13.5. The van der Waals surface area contributed by atoms with Gasteiger partial charge in [0.2, 0.25) is 0 Å². The van der Waals surface area contributed by atoms with Crippen LogP contribution in [0.5, 0.6) is 0 Å². The quantitative estimate of drug-likeness (QED) is 0.0261. The molecule has 1 atom stereocenters. The average molecular weight is 1010 g/mol. The fourth-order valence-electron chi connectivity index (χ4n) is 8.87. The first kappa shape index (κ1) is 68.8. The van der Waals surface area contributed by atoms with Crippen LogP contribution in [0.3, 0.4) is 0 Å². The van der Waals surface area contributed by atoms with Crippen LogP contribution in [0.25, 0.3) is 0 Å². The second kappa shape index (κ2) is 60.4. The Balaban J connectivity index is 4.41. The number of esters is 3. The first-order valence-electron chi connectivity index (χ1n) is 30.9. The molecule has 0 bridgehead atoms. The van der Waals surface area contributed by atoms with Gasteiger partial charge in [-0.25, -0.2) is 0 Å². The summed E-state index contributed by atoms with van der Waals surface area (Å²) >= 11 is 0. The lowest BCUT2D eigenvalue weighted by Gasteiger charge is -2.18. The van der Waals surface area contributed by atoms with E-state index >= 15 is 0 Å². The molecule has 6 nitrogen and oxygen atoms in total. The van der Waals surface area contributed by atoms with Gasteiger partial charge in [-0.15, -0.1) is 0 Å². The summed E-state index contributed by atoms with van der Waals surface area (Å²) in [5.74, 6) is -1.03. The zero-order chi connectivity index (χ0) is 52.2. The molecule has 72 heavy (non-hydrogen) atoms. The SMILES string of the molecule is CC/C=C\C/C=C\C/C=C\C/C=C\C/C=C\CC(=O)OCC(COC(=O)CCCCCCCCCCCCCCCCCCCCCCC)OC(=O)CCCCCCCCC/C=C\CCCCCCCCC. The number of carbonyl (C=O) groups is 3. The van der Waals surface area contributed by atoms with E-state index in [4.69, 9.17) is 14.2 Å². The number of hydrogen-bond acceptors (Lipinski definition) is 6. The lowest BCUT2D eigenvalue weighted by molar-refractivity contribution is -0.166. The number of unbranched alkanes of at least 4 members (excludes halogenated alkanes) is 34. The molecule has 0 radical (unpaired) electrons. The summed E-state index contributed by atoms with van der Waals surface area (Å²) in [6.07, 6.45) is 77.9. The summed E-state index contributed by atoms with van der Waals surface area (Å²) < 4.78 is 16.8. The monoisotopic (exact) mass is 1000 g/mol. The van der Waals surface area contributed by atoms with E-state index in [2.05, 4.69) is 81.5 Å². The predicted molar refractivity (Wildman–Crippen MR) is 311 cm³/mol. The highest BCUT2D eigenvalue weighted by atomic mass is 16.6. The first-order chi connectivity index (χ1) is 35.5. The number of hydrogen-bond donors (Lipinski definition) is 0. The van der Waals surface area contributed by atoms with Gasteiger partial charge in [-0.05, 0) is 70.6 Å². The minimum absolute atomic E-state index is 0.104. The molecule has 0 aromatic carbocycles. The smallest absolute Gasteiger partial charge is 0.309 e. The molecular formula is C66H116O6. The molecule has 0 saturated heterocycles. The number of carbonyl (C=O) groups excluding carboxylic acids is 3. The maximum atomic E-state index is 12.9. The molecule has 0 aliphatic carbocycles. The van der Waals surface area contributed by atoms with E-state index in [1.54, 1.807) is 6.08 Å². The van der Waals surface area contributed by atoms with Crippen molar-refractivity contribution in [2.24, 2.45) is 0 Å². The fourth-order valence-corrected chi connectivity index (χ4v) is 8.87. The molecule has 416 valence electrons. The van der Waals surface area contributed by atoms with Gasteiger partial charge in [0.15, 0.2) is 6.10 Å². The van der Waals surface area contributed by atoms with Crippen molar-refractivity contribution in [3.8, 4) is 0 Å². The summed E-state index contributed by atoms with van der Waals surface area (Å²) in [4.78, 5) is 38.2. The zero-order valence-corrected chi connectivity index (χ0v) is 47.7. The molecule has 1 unspecified atom stereocenters. The second-order valence-electron chi connectivity index (χ2n) is 20.6. The molecule has 0 aliphatic heterocycles. The van der Waals surface area contributed by atoms with Crippen molar-refractivity contribution >= 4 is 17.9 Å². The van der Waals surface area contributed by atoms with Crippen molar-refractivity contribution < 1.29 is 28.6 Å². The van der Waals surface area contributed by atoms with Crippen LogP contribution in [0.15, 0.2) is 72.9 Å². The van der Waals surface area contributed by atoms with Gasteiger partial charge in [0, 0.05) is 12.8 Å². The Morgan fingerprint density at radius 3 is 0.958 bits per heavy atom. The third kappa shape index (κ3) is 57.7. The highest BCUT2D eigenvalue weighted by molar-refractivity contribution is 5.72. The third-order valence-electron chi connectivity index (χ3n) is 13.5. The predicted octanol–water partition coefficient (Wildman–Crippen LogP) is 20.9. The number of rotatable bonds is 56. The van der Waals surface area contributed by atoms with E-state index in [-0.39, 0.29) is 31.6 Å². The van der Waals surface area contributed by atoms with E-state index in [1.807, 2.05) is 6.08 Å². The summed E-state index contributed by atoms with van der Waals surface area (Å²) in [5.41, 5.74) is 0. The molecule has 0 N–H and O–H groups in total. The van der Waals surface area contributed by atoms with Crippen LogP contribution in [-0.4, -0.2) is 37.2 Å².